The van der Waals surface area contributed by atoms with Crippen LogP contribution in [0.5, 0.6) is 0 Å². The lowest BCUT2D eigenvalue weighted by Crippen LogP contribution is -2.24. The number of hydrogen-bond acceptors (Lipinski definition) is 10. The molecule has 98 valence electrons. The third-order valence-electron chi connectivity index (χ3n) is 0.827. The minimum atomic E-state index is -5.10. The van der Waals surface area contributed by atoms with Crippen LogP contribution in [0.15, 0.2) is 8.80 Å². The molecule has 0 bridgehead atoms. The maximum absolute atomic E-state index is 10.6. The van der Waals surface area contributed by atoms with Gasteiger partial charge in [-0.15, -0.1) is 0 Å². The Morgan fingerprint density at radius 1 is 0.778 bits per heavy atom. The Hall–Kier alpha value is -2.40. The molecule has 0 heterocycles. The Kier molecular flexibility index (Phi) is 5.02. The summed E-state index contributed by atoms with van der Waals surface area (Å²) in [6, 6.07) is 0. The first-order chi connectivity index (χ1) is 8.13. The molecule has 0 aromatic carbocycles. The monoisotopic (exact) mass is 300 g/mol. The van der Waals surface area contributed by atoms with Crippen molar-refractivity contribution in [1.82, 2.24) is 0 Å². The quantitative estimate of drug-likeness (QED) is 0.299. The summed E-state index contributed by atoms with van der Waals surface area (Å²) in [5, 5.41) is 0. The zero-order chi connectivity index (χ0) is 14.4. The van der Waals surface area contributed by atoms with Crippen LogP contribution < -0.4 is 0 Å². The Labute approximate surface area is 98.4 Å². The summed E-state index contributed by atoms with van der Waals surface area (Å²) < 4.78 is 52.6. The van der Waals surface area contributed by atoms with E-state index in [2.05, 4.69) is 8.37 Å². The first-order valence-corrected chi connectivity index (χ1v) is 6.02. The average molecular weight is 300 g/mol. The molecule has 14 heteroatoms. The van der Waals surface area contributed by atoms with Crippen LogP contribution in [0.3, 0.4) is 0 Å². The summed E-state index contributed by atoms with van der Waals surface area (Å²) in [6.45, 7) is 0. The maximum atomic E-state index is 10.6. The van der Waals surface area contributed by atoms with E-state index in [9.17, 15) is 36.0 Å². The molecule has 0 aliphatic heterocycles. The van der Waals surface area contributed by atoms with Gasteiger partial charge in [-0.05, 0) is 8.80 Å². The second-order valence-electron chi connectivity index (χ2n) is 1.96. The van der Waals surface area contributed by atoms with Crippen LogP contribution in [0.4, 0.5) is 0 Å². The van der Waals surface area contributed by atoms with E-state index < -0.39 is 32.5 Å². The van der Waals surface area contributed by atoms with E-state index in [0.29, 0.717) is 12.2 Å². The van der Waals surface area contributed by atoms with Crippen LogP contribution in [0.2, 0.25) is 0 Å². The van der Waals surface area contributed by atoms with Crippen molar-refractivity contribution in [3.63, 3.8) is 0 Å². The molecule has 0 aromatic heterocycles. The highest BCUT2D eigenvalue weighted by Crippen LogP contribution is 2.00. The minimum Gasteiger partial charge on any atom is -0.318 e. The van der Waals surface area contributed by atoms with Crippen molar-refractivity contribution in [2.75, 3.05) is 0 Å². The van der Waals surface area contributed by atoms with Crippen LogP contribution in [-0.2, 0) is 48.2 Å². The third-order valence-corrected chi connectivity index (χ3v) is 2.15. The molecule has 0 aromatic rings. The molecular formula is C4N2O10S2. The smallest absolute Gasteiger partial charge is 0.318 e. The molecule has 0 radical (unpaired) electrons. The lowest BCUT2D eigenvalue weighted by atomic mass is 10.7. The van der Waals surface area contributed by atoms with Crippen LogP contribution in [-0.4, -0.2) is 40.9 Å². The molecule has 0 aliphatic carbocycles. The van der Waals surface area contributed by atoms with Crippen molar-refractivity contribution < 1.29 is 44.4 Å². The molecule has 0 aliphatic rings. The van der Waals surface area contributed by atoms with Gasteiger partial charge < -0.3 is 8.37 Å². The predicted octanol–water partition coefficient (Wildman–Crippen LogP) is -2.77. The van der Waals surface area contributed by atoms with Gasteiger partial charge in [0.1, 0.15) is 0 Å². The summed E-state index contributed by atoms with van der Waals surface area (Å²) in [5.74, 6) is -4.67. The average Bonchev–Trinajstić information content (AvgIpc) is 2.15. The normalized spacial score (nSPS) is 10.4. The molecule has 18 heavy (non-hydrogen) atoms. The number of hydrogen-bond donors (Lipinski definition) is 0. The highest BCUT2D eigenvalue weighted by molar-refractivity contribution is 7.86. The SMILES string of the molecule is O=C=NS(=O)(=O)OC(=O)C(=O)OS(=O)(=O)N=C=O. The van der Waals surface area contributed by atoms with Crippen LogP contribution in [0.25, 0.3) is 0 Å². The van der Waals surface area contributed by atoms with E-state index in [1.165, 1.54) is 0 Å². The van der Waals surface area contributed by atoms with Gasteiger partial charge in [0.2, 0.25) is 0 Å². The summed E-state index contributed by atoms with van der Waals surface area (Å²) >= 11 is 0. The molecule has 0 fully saturated rings. The Morgan fingerprint density at radius 3 is 1.28 bits per heavy atom. The fourth-order valence-electron chi connectivity index (χ4n) is 0.388. The molecule has 0 unspecified atom stereocenters. The molecule has 0 spiro atoms. The third kappa shape index (κ3) is 5.62. The fourth-order valence-corrected chi connectivity index (χ4v) is 1.16. The molecule has 12 nitrogen and oxygen atoms in total. The van der Waals surface area contributed by atoms with E-state index in [0.717, 1.165) is 0 Å². The van der Waals surface area contributed by atoms with Gasteiger partial charge >= 0.3 is 32.5 Å². The number of carbonyl (C=O) groups excluding carboxylic acids is 4. The standard InChI is InChI=1S/C4N2O10S2/c7-1-5-17(11,12)15-3(9)4(10)16-18(13,14)6-2-8. The lowest BCUT2D eigenvalue weighted by Gasteiger charge is -1.98. The van der Waals surface area contributed by atoms with Gasteiger partial charge in [-0.2, -0.15) is 16.8 Å². The predicted molar refractivity (Wildman–Crippen MR) is 46.3 cm³/mol. The minimum absolute atomic E-state index is 0.490. The van der Waals surface area contributed by atoms with Crippen molar-refractivity contribution in [1.29, 1.82) is 0 Å². The Balaban J connectivity index is 4.91. The zero-order valence-corrected chi connectivity index (χ0v) is 9.43. The summed E-state index contributed by atoms with van der Waals surface area (Å²) in [6.07, 6.45) is 0.981. The lowest BCUT2D eigenvalue weighted by molar-refractivity contribution is -0.155. The van der Waals surface area contributed by atoms with Crippen LogP contribution >= 0.6 is 0 Å². The van der Waals surface area contributed by atoms with Gasteiger partial charge in [0.25, 0.3) is 12.2 Å². The van der Waals surface area contributed by atoms with E-state index >= 15 is 0 Å². The fraction of sp³-hybridized carbons (Fsp3) is 0. The topological polar surface area (TPSA) is 180 Å². The Morgan fingerprint density at radius 2 is 1.06 bits per heavy atom. The van der Waals surface area contributed by atoms with E-state index in [-0.39, 0.29) is 0 Å². The van der Waals surface area contributed by atoms with Gasteiger partial charge in [0.15, 0.2) is 0 Å². The summed E-state index contributed by atoms with van der Waals surface area (Å²) in [5.41, 5.74) is 0. The molecule has 0 N–H and O–H groups in total. The number of rotatable bonds is 4. The molecule has 0 amide bonds. The number of nitrogens with zero attached hydrogens (tertiary/aromatic N) is 2. The second-order valence-corrected chi connectivity index (χ2v) is 4.37. The van der Waals surface area contributed by atoms with Crippen molar-refractivity contribution in [2.45, 2.75) is 0 Å². The largest absolute Gasteiger partial charge is 0.441 e. The van der Waals surface area contributed by atoms with E-state index in [1.807, 2.05) is 8.80 Å². The van der Waals surface area contributed by atoms with Crippen molar-refractivity contribution in [3.8, 4) is 0 Å². The summed E-state index contributed by atoms with van der Waals surface area (Å²) in [7, 11) is -10.2. The molecule has 0 rings (SSSR count). The van der Waals surface area contributed by atoms with Crippen molar-refractivity contribution in [3.05, 3.63) is 0 Å². The Bertz CT molecular complexity index is 599. The number of carbonyl (C=O) groups is 2. The molecular weight excluding hydrogens is 300 g/mol. The van der Waals surface area contributed by atoms with Crippen LogP contribution in [0, 0.1) is 0 Å². The van der Waals surface area contributed by atoms with Gasteiger partial charge in [-0.1, -0.05) is 0 Å². The van der Waals surface area contributed by atoms with E-state index in [4.69, 9.17) is 0 Å². The van der Waals surface area contributed by atoms with Gasteiger partial charge in [0, 0.05) is 0 Å². The molecule has 0 atom stereocenters. The highest BCUT2D eigenvalue weighted by atomic mass is 32.2. The van der Waals surface area contributed by atoms with E-state index in [1.54, 1.807) is 0 Å². The van der Waals surface area contributed by atoms with Gasteiger partial charge in [0.05, 0.1) is 0 Å². The highest BCUT2D eigenvalue weighted by Gasteiger charge is 2.29. The van der Waals surface area contributed by atoms with Crippen LogP contribution in [0.1, 0.15) is 0 Å². The number of isocyanates is 2. The first-order valence-electron chi connectivity index (χ1n) is 3.29. The second kappa shape index (κ2) is 5.79. The summed E-state index contributed by atoms with van der Waals surface area (Å²) in [4.78, 5) is 40.4. The van der Waals surface area contributed by atoms with Crippen molar-refractivity contribution >= 4 is 44.7 Å². The maximum Gasteiger partial charge on any atom is 0.441 e. The van der Waals surface area contributed by atoms with Gasteiger partial charge in [-0.3, -0.25) is 0 Å². The van der Waals surface area contributed by atoms with Crippen molar-refractivity contribution in [2.24, 2.45) is 8.80 Å². The zero-order valence-electron chi connectivity index (χ0n) is 7.79. The molecule has 0 saturated heterocycles. The first kappa shape index (κ1) is 15.6. The van der Waals surface area contributed by atoms with Gasteiger partial charge in [-0.25, -0.2) is 19.2 Å². The molecule has 0 saturated carbocycles.